The highest BCUT2D eigenvalue weighted by molar-refractivity contribution is 6.31. The maximum Gasteiger partial charge on any atom is 0.347 e. The Balaban J connectivity index is 1.42. The van der Waals surface area contributed by atoms with Crippen LogP contribution in [-0.2, 0) is 4.79 Å². The number of carbonyl (C=O) groups is 3. The van der Waals surface area contributed by atoms with Crippen LogP contribution in [0.2, 0.25) is 10.0 Å². The fraction of sp³-hybridized carbons (Fsp3) is 0.276. The Morgan fingerprint density at radius 3 is 2.30 bits per heavy atom. The largest absolute Gasteiger partial charge is 0.347 e. The molecule has 0 saturated carbocycles. The van der Waals surface area contributed by atoms with Gasteiger partial charge in [-0.2, -0.15) is 5.06 Å². The van der Waals surface area contributed by atoms with Crippen LogP contribution in [0.4, 0.5) is 32.3 Å². The monoisotopic (exact) mass is 643 g/mol. The molecule has 1 fully saturated rings. The van der Waals surface area contributed by atoms with Crippen molar-refractivity contribution in [1.29, 1.82) is 0 Å². The van der Waals surface area contributed by atoms with Gasteiger partial charge in [0.15, 0.2) is 6.17 Å². The van der Waals surface area contributed by atoms with Crippen molar-refractivity contribution in [3.63, 3.8) is 0 Å². The third-order valence-corrected chi connectivity index (χ3v) is 7.54. The molecule has 1 aliphatic rings. The van der Waals surface area contributed by atoms with Gasteiger partial charge in [-0.05, 0) is 75.2 Å². The van der Waals surface area contributed by atoms with Gasteiger partial charge in [0.05, 0.1) is 16.1 Å². The first-order valence-electron chi connectivity index (χ1n) is 13.6. The van der Waals surface area contributed by atoms with Gasteiger partial charge in [0.2, 0.25) is 5.91 Å². The number of halogens is 2. The Bertz CT molecular complexity index is 1540. The molecule has 13 nitrogen and oxygen atoms in total. The van der Waals surface area contributed by atoms with Crippen LogP contribution in [0, 0.1) is 10.1 Å². The third-order valence-electron chi connectivity index (χ3n) is 7.07. The minimum Gasteiger partial charge on any atom is -0.315 e. The Morgan fingerprint density at radius 2 is 1.66 bits per heavy atom. The number of hydrogen-bond donors (Lipinski definition) is 4. The van der Waals surface area contributed by atoms with Crippen LogP contribution in [-0.4, -0.2) is 56.3 Å². The van der Waals surface area contributed by atoms with E-state index in [9.17, 15) is 29.7 Å². The van der Waals surface area contributed by atoms with E-state index in [4.69, 9.17) is 23.2 Å². The highest BCUT2D eigenvalue weighted by Gasteiger charge is 2.55. The van der Waals surface area contributed by atoms with Crippen LogP contribution in [0.5, 0.6) is 0 Å². The second-order valence-electron chi connectivity index (χ2n) is 10.5. The molecule has 232 valence electrons. The zero-order valence-corrected chi connectivity index (χ0v) is 25.4. The van der Waals surface area contributed by atoms with E-state index in [0.29, 0.717) is 45.0 Å². The number of hydrogen-bond acceptors (Lipinski definition) is 7. The lowest BCUT2D eigenvalue weighted by molar-refractivity contribution is -0.384. The van der Waals surface area contributed by atoms with Gasteiger partial charge in [-0.1, -0.05) is 35.3 Å². The van der Waals surface area contributed by atoms with Crippen LogP contribution >= 0.6 is 23.2 Å². The molecule has 5 amide bonds. The van der Waals surface area contributed by atoms with Crippen molar-refractivity contribution in [1.82, 2.24) is 15.4 Å². The maximum absolute atomic E-state index is 13.8. The summed E-state index contributed by atoms with van der Waals surface area (Å²) in [5.74, 6) is -0.312. The quantitative estimate of drug-likeness (QED) is 0.0804. The maximum atomic E-state index is 13.8. The molecule has 1 heterocycles. The smallest absolute Gasteiger partial charge is 0.315 e. The zero-order valence-electron chi connectivity index (χ0n) is 23.9. The molecule has 1 saturated heterocycles. The Morgan fingerprint density at radius 1 is 1.00 bits per heavy atom. The van der Waals surface area contributed by atoms with Crippen LogP contribution < -0.4 is 21.1 Å². The minimum atomic E-state index is -1.15. The molecule has 3 aromatic carbocycles. The number of rotatable bonds is 11. The summed E-state index contributed by atoms with van der Waals surface area (Å²) in [6.07, 6.45) is -0.149. The number of hydrazine groups is 1. The van der Waals surface area contributed by atoms with E-state index in [2.05, 4.69) is 16.2 Å². The number of non-ortho nitro benzene ring substituents is 1. The van der Waals surface area contributed by atoms with Crippen molar-refractivity contribution in [2.45, 2.75) is 44.8 Å². The summed E-state index contributed by atoms with van der Waals surface area (Å²) in [7, 11) is 0. The lowest BCUT2D eigenvalue weighted by atomic mass is 9.99. The van der Waals surface area contributed by atoms with Gasteiger partial charge in [0, 0.05) is 46.5 Å². The van der Waals surface area contributed by atoms with Gasteiger partial charge >= 0.3 is 12.1 Å². The molecule has 0 radical (unpaired) electrons. The van der Waals surface area contributed by atoms with Crippen molar-refractivity contribution in [2.75, 3.05) is 22.2 Å². The van der Waals surface area contributed by atoms with E-state index in [1.54, 1.807) is 61.2 Å². The molecule has 0 bridgehead atoms. The normalized spacial score (nSPS) is 15.6. The summed E-state index contributed by atoms with van der Waals surface area (Å²) in [4.78, 5) is 52.5. The number of unbranched alkanes of at least 4 members (excludes halogenated alkanes) is 1. The fourth-order valence-electron chi connectivity index (χ4n) is 4.89. The van der Waals surface area contributed by atoms with E-state index in [0.717, 1.165) is 0 Å². The summed E-state index contributed by atoms with van der Waals surface area (Å²) >= 11 is 12.2. The average molecular weight is 645 g/mol. The summed E-state index contributed by atoms with van der Waals surface area (Å²) < 4.78 is 0. The third kappa shape index (κ3) is 7.48. The number of carbonyl (C=O) groups excluding carboxylic acids is 3. The molecule has 1 atom stereocenters. The first-order valence-corrected chi connectivity index (χ1v) is 14.3. The molecule has 0 spiro atoms. The van der Waals surface area contributed by atoms with E-state index in [1.165, 1.54) is 35.2 Å². The molecular formula is C29H31Cl2N7O6. The Labute approximate surface area is 263 Å². The van der Waals surface area contributed by atoms with Crippen molar-refractivity contribution in [2.24, 2.45) is 0 Å². The number of benzene rings is 3. The van der Waals surface area contributed by atoms with Crippen molar-refractivity contribution < 1.29 is 24.5 Å². The number of nitro benzene ring substituents is 1. The number of nitrogens with zero attached hydrogens (tertiary/aromatic N) is 4. The molecule has 0 aliphatic carbocycles. The van der Waals surface area contributed by atoms with Crippen molar-refractivity contribution in [3.8, 4) is 0 Å². The van der Waals surface area contributed by atoms with Gasteiger partial charge in [0.25, 0.3) is 5.69 Å². The lowest BCUT2D eigenvalue weighted by Crippen LogP contribution is -2.58. The zero-order chi connectivity index (χ0) is 32.0. The highest BCUT2D eigenvalue weighted by atomic mass is 35.5. The summed E-state index contributed by atoms with van der Waals surface area (Å²) in [5.41, 5.74) is 5.32. The van der Waals surface area contributed by atoms with E-state index in [-0.39, 0.29) is 24.6 Å². The first-order chi connectivity index (χ1) is 20.9. The predicted molar refractivity (Wildman–Crippen MR) is 167 cm³/mol. The van der Waals surface area contributed by atoms with Crippen LogP contribution in [0.15, 0.2) is 72.8 Å². The molecular weight excluding hydrogens is 613 g/mol. The summed E-state index contributed by atoms with van der Waals surface area (Å²) in [6.45, 7) is 3.69. The lowest BCUT2D eigenvalue weighted by Gasteiger charge is -2.38. The number of nitro groups is 1. The Hall–Kier alpha value is -4.59. The van der Waals surface area contributed by atoms with E-state index >= 15 is 0 Å². The van der Waals surface area contributed by atoms with Gasteiger partial charge in [-0.15, -0.1) is 0 Å². The molecule has 44 heavy (non-hydrogen) atoms. The molecule has 4 rings (SSSR count). The number of nitrogens with one attached hydrogen (secondary N) is 3. The van der Waals surface area contributed by atoms with E-state index in [1.807, 2.05) is 0 Å². The van der Waals surface area contributed by atoms with Gasteiger partial charge < -0.3 is 10.2 Å². The second kappa shape index (κ2) is 13.8. The first kappa shape index (κ1) is 32.3. The van der Waals surface area contributed by atoms with Crippen molar-refractivity contribution >= 4 is 63.9 Å². The Kier molecular flexibility index (Phi) is 10.1. The van der Waals surface area contributed by atoms with Crippen LogP contribution in [0.25, 0.3) is 0 Å². The molecule has 15 heteroatoms. The average Bonchev–Trinajstić information content (AvgIpc) is 3.18. The SMILES string of the molecule is CC1(C)[C@H](N(O)C(=O)Nc2cccc(Cl)c2)N(c2cccc(Cl)c2)C(=O)N1CCCCC(=O)NNc1ccc([N+](=O)[O-])cc1. The molecule has 0 aromatic heterocycles. The molecule has 0 unspecified atom stereocenters. The summed E-state index contributed by atoms with van der Waals surface area (Å²) in [5, 5.41) is 25.8. The second-order valence-corrected chi connectivity index (χ2v) is 11.4. The topological polar surface area (TPSA) is 160 Å². The molecule has 4 N–H and O–H groups in total. The number of urea groups is 2. The predicted octanol–water partition coefficient (Wildman–Crippen LogP) is 6.49. The molecule has 3 aromatic rings. The number of hydroxylamine groups is 2. The number of amides is 5. The van der Waals surface area contributed by atoms with Gasteiger partial charge in [0.1, 0.15) is 0 Å². The number of anilines is 3. The molecule has 1 aliphatic heterocycles. The van der Waals surface area contributed by atoms with Crippen LogP contribution in [0.3, 0.4) is 0 Å². The van der Waals surface area contributed by atoms with Crippen LogP contribution in [0.1, 0.15) is 33.1 Å². The van der Waals surface area contributed by atoms with Gasteiger partial charge in [-0.3, -0.25) is 35.9 Å². The minimum absolute atomic E-state index is 0.0662. The highest BCUT2D eigenvalue weighted by Crippen LogP contribution is 2.39. The van der Waals surface area contributed by atoms with Crippen molar-refractivity contribution in [3.05, 3.63) is 93.0 Å². The summed E-state index contributed by atoms with van der Waals surface area (Å²) in [6, 6.07) is 17.2. The van der Waals surface area contributed by atoms with Gasteiger partial charge in [-0.25, -0.2) is 9.59 Å². The van der Waals surface area contributed by atoms with E-state index < -0.39 is 28.7 Å². The standard InChI is InChI=1S/C29H31Cl2N7O6/c1-29(2)26(37(42)27(40)32-22-9-5-7-19(30)17-22)36(24-10-6-8-20(31)18-24)28(41)35(29)16-4-3-11-25(39)34-33-21-12-14-23(15-13-21)38(43)44/h5-10,12-15,17-18,26,33,42H,3-4,11,16H2,1-2H3,(H,32,40)(H,34,39)/t26-/m0/s1. The fourth-order valence-corrected chi connectivity index (χ4v) is 5.27.